The lowest BCUT2D eigenvalue weighted by Crippen LogP contribution is -2.45. The standard InChI is InChI=1S/C9H12ClN3O.ClH/c10-6-9(14)12-7-4-8(5-7)13-3-1-2-11-13;/h1-3,7-8H,4-6H2,(H,12,14);1H. The van der Waals surface area contributed by atoms with Crippen LogP contribution in [0, 0.1) is 0 Å². The summed E-state index contributed by atoms with van der Waals surface area (Å²) < 4.78 is 1.93. The SMILES string of the molecule is Cl.O=C(CCl)NC1CC(n2cccn2)C1. The van der Waals surface area contributed by atoms with Gasteiger partial charge in [0, 0.05) is 18.4 Å². The number of alkyl halides is 1. The summed E-state index contributed by atoms with van der Waals surface area (Å²) in [4.78, 5) is 10.9. The molecule has 0 atom stereocenters. The second-order valence-electron chi connectivity index (χ2n) is 3.51. The molecule has 0 saturated heterocycles. The fourth-order valence-electron chi connectivity index (χ4n) is 1.68. The number of nitrogens with zero attached hydrogens (tertiary/aromatic N) is 2. The monoisotopic (exact) mass is 249 g/mol. The summed E-state index contributed by atoms with van der Waals surface area (Å²) in [6, 6.07) is 2.62. The highest BCUT2D eigenvalue weighted by Gasteiger charge is 2.31. The van der Waals surface area contributed by atoms with Crippen molar-refractivity contribution in [2.45, 2.75) is 24.9 Å². The van der Waals surface area contributed by atoms with Gasteiger partial charge in [0.25, 0.3) is 0 Å². The van der Waals surface area contributed by atoms with E-state index in [0.29, 0.717) is 6.04 Å². The molecule has 84 valence electrons. The molecular formula is C9H13Cl2N3O. The second kappa shape index (κ2) is 5.37. The summed E-state index contributed by atoms with van der Waals surface area (Å²) in [6.45, 7) is 0. The lowest BCUT2D eigenvalue weighted by atomic mass is 9.87. The van der Waals surface area contributed by atoms with Crippen LogP contribution in [0.3, 0.4) is 0 Å². The minimum atomic E-state index is -0.0874. The van der Waals surface area contributed by atoms with E-state index in [9.17, 15) is 4.79 Å². The molecule has 1 heterocycles. The fraction of sp³-hybridized carbons (Fsp3) is 0.556. The Morgan fingerprint density at radius 2 is 2.33 bits per heavy atom. The predicted molar refractivity (Wildman–Crippen MR) is 60.4 cm³/mol. The number of rotatable bonds is 3. The molecule has 1 aromatic heterocycles. The van der Waals surface area contributed by atoms with E-state index in [2.05, 4.69) is 10.4 Å². The summed E-state index contributed by atoms with van der Waals surface area (Å²) in [5, 5.41) is 7.00. The number of carbonyl (C=O) groups excluding carboxylic acids is 1. The zero-order valence-corrected chi connectivity index (χ0v) is 9.67. The van der Waals surface area contributed by atoms with Crippen molar-refractivity contribution in [3.8, 4) is 0 Å². The van der Waals surface area contributed by atoms with E-state index in [0.717, 1.165) is 12.8 Å². The molecule has 0 radical (unpaired) electrons. The van der Waals surface area contributed by atoms with Crippen molar-refractivity contribution in [3.63, 3.8) is 0 Å². The molecular weight excluding hydrogens is 237 g/mol. The first-order valence-corrected chi connectivity index (χ1v) is 5.17. The third kappa shape index (κ3) is 2.86. The molecule has 0 unspecified atom stereocenters. The zero-order valence-electron chi connectivity index (χ0n) is 8.10. The maximum atomic E-state index is 10.9. The Bertz CT molecular complexity index is 309. The lowest BCUT2D eigenvalue weighted by molar-refractivity contribution is -0.120. The molecule has 6 heteroatoms. The van der Waals surface area contributed by atoms with Crippen molar-refractivity contribution in [2.75, 3.05) is 5.88 Å². The lowest BCUT2D eigenvalue weighted by Gasteiger charge is -2.35. The first-order valence-electron chi connectivity index (χ1n) is 4.64. The molecule has 0 spiro atoms. The van der Waals surface area contributed by atoms with Crippen LogP contribution in [-0.2, 0) is 4.79 Å². The van der Waals surface area contributed by atoms with Gasteiger partial charge in [-0.2, -0.15) is 5.10 Å². The number of carbonyl (C=O) groups is 1. The highest BCUT2D eigenvalue weighted by molar-refractivity contribution is 6.27. The third-order valence-corrected chi connectivity index (χ3v) is 2.74. The minimum Gasteiger partial charge on any atom is -0.352 e. The second-order valence-corrected chi connectivity index (χ2v) is 3.78. The topological polar surface area (TPSA) is 46.9 Å². The molecule has 1 amide bonds. The van der Waals surface area contributed by atoms with Crippen LogP contribution in [0.15, 0.2) is 18.5 Å². The van der Waals surface area contributed by atoms with Gasteiger partial charge in [-0.15, -0.1) is 24.0 Å². The summed E-state index contributed by atoms with van der Waals surface area (Å²) in [6.07, 6.45) is 5.61. The van der Waals surface area contributed by atoms with Crippen LogP contribution < -0.4 is 5.32 Å². The van der Waals surface area contributed by atoms with Gasteiger partial charge >= 0.3 is 0 Å². The number of halogens is 2. The van der Waals surface area contributed by atoms with Crippen molar-refractivity contribution < 1.29 is 4.79 Å². The highest BCUT2D eigenvalue weighted by atomic mass is 35.5. The molecule has 1 fully saturated rings. The molecule has 0 bridgehead atoms. The van der Waals surface area contributed by atoms with Crippen LogP contribution in [0.2, 0.25) is 0 Å². The Kier molecular flexibility index (Phi) is 4.42. The van der Waals surface area contributed by atoms with Gasteiger partial charge < -0.3 is 5.32 Å². The highest BCUT2D eigenvalue weighted by Crippen LogP contribution is 2.31. The smallest absolute Gasteiger partial charge is 0.235 e. The molecule has 2 rings (SSSR count). The summed E-state index contributed by atoms with van der Waals surface area (Å²) in [5.41, 5.74) is 0. The number of amides is 1. The maximum absolute atomic E-state index is 10.9. The summed E-state index contributed by atoms with van der Waals surface area (Å²) >= 11 is 5.38. The van der Waals surface area contributed by atoms with Crippen molar-refractivity contribution in [2.24, 2.45) is 0 Å². The molecule has 1 aliphatic carbocycles. The normalized spacial score (nSPS) is 23.8. The molecule has 4 nitrogen and oxygen atoms in total. The van der Waals surface area contributed by atoms with Gasteiger partial charge in [-0.1, -0.05) is 0 Å². The van der Waals surface area contributed by atoms with E-state index in [1.54, 1.807) is 6.20 Å². The van der Waals surface area contributed by atoms with Crippen LogP contribution in [0.4, 0.5) is 0 Å². The van der Waals surface area contributed by atoms with Crippen molar-refractivity contribution in [1.29, 1.82) is 0 Å². The Hall–Kier alpha value is -0.740. The minimum absolute atomic E-state index is 0. The van der Waals surface area contributed by atoms with Crippen molar-refractivity contribution >= 4 is 29.9 Å². The van der Waals surface area contributed by atoms with E-state index in [1.807, 2.05) is 16.9 Å². The van der Waals surface area contributed by atoms with Crippen molar-refractivity contribution in [3.05, 3.63) is 18.5 Å². The predicted octanol–water partition coefficient (Wildman–Crippen LogP) is 1.36. The van der Waals surface area contributed by atoms with E-state index >= 15 is 0 Å². The average molecular weight is 250 g/mol. The van der Waals surface area contributed by atoms with Gasteiger partial charge in [0.2, 0.25) is 5.91 Å². The average Bonchev–Trinajstić information content (AvgIpc) is 2.62. The Morgan fingerprint density at radius 1 is 1.60 bits per heavy atom. The molecule has 1 saturated carbocycles. The number of hydrogen-bond donors (Lipinski definition) is 1. The van der Waals surface area contributed by atoms with Gasteiger partial charge in [-0.25, -0.2) is 0 Å². The largest absolute Gasteiger partial charge is 0.352 e. The molecule has 15 heavy (non-hydrogen) atoms. The van der Waals surface area contributed by atoms with Gasteiger partial charge in [0.1, 0.15) is 5.88 Å². The Labute approximate surface area is 99.4 Å². The van der Waals surface area contributed by atoms with Gasteiger partial charge in [0.15, 0.2) is 0 Å². The van der Waals surface area contributed by atoms with E-state index < -0.39 is 0 Å². The first-order chi connectivity index (χ1) is 6.79. The third-order valence-electron chi connectivity index (χ3n) is 2.50. The van der Waals surface area contributed by atoms with Crippen LogP contribution >= 0.6 is 24.0 Å². The molecule has 0 aromatic carbocycles. The molecule has 1 aromatic rings. The molecule has 1 aliphatic rings. The van der Waals surface area contributed by atoms with Crippen LogP contribution in [0.25, 0.3) is 0 Å². The Morgan fingerprint density at radius 3 is 2.87 bits per heavy atom. The number of aromatic nitrogens is 2. The first kappa shape index (κ1) is 12.3. The Balaban J connectivity index is 0.00000112. The van der Waals surface area contributed by atoms with Gasteiger partial charge in [-0.3, -0.25) is 9.48 Å². The van der Waals surface area contributed by atoms with Gasteiger partial charge in [-0.05, 0) is 18.9 Å². The summed E-state index contributed by atoms with van der Waals surface area (Å²) in [7, 11) is 0. The number of hydrogen-bond acceptors (Lipinski definition) is 2. The van der Waals surface area contributed by atoms with Crippen molar-refractivity contribution in [1.82, 2.24) is 15.1 Å². The molecule has 1 N–H and O–H groups in total. The summed E-state index contributed by atoms with van der Waals surface area (Å²) in [5.74, 6) is -0.0428. The van der Waals surface area contributed by atoms with Crippen LogP contribution in [0.1, 0.15) is 18.9 Å². The fourth-order valence-corrected chi connectivity index (χ4v) is 1.76. The van der Waals surface area contributed by atoms with Gasteiger partial charge in [0.05, 0.1) is 6.04 Å². The van der Waals surface area contributed by atoms with Crippen LogP contribution in [-0.4, -0.2) is 27.6 Å². The number of nitrogens with one attached hydrogen (secondary N) is 1. The van der Waals surface area contributed by atoms with E-state index in [4.69, 9.17) is 11.6 Å². The van der Waals surface area contributed by atoms with E-state index in [1.165, 1.54) is 0 Å². The maximum Gasteiger partial charge on any atom is 0.235 e. The molecule has 0 aliphatic heterocycles. The van der Waals surface area contributed by atoms with Crippen LogP contribution in [0.5, 0.6) is 0 Å². The van der Waals surface area contributed by atoms with E-state index in [-0.39, 0.29) is 30.2 Å². The quantitative estimate of drug-likeness (QED) is 0.823. The zero-order chi connectivity index (χ0) is 9.97.